The van der Waals surface area contributed by atoms with Crippen LogP contribution in [0.15, 0.2) is 59.4 Å². The first-order chi connectivity index (χ1) is 13.1. The van der Waals surface area contributed by atoms with Crippen LogP contribution >= 0.6 is 11.8 Å². The summed E-state index contributed by atoms with van der Waals surface area (Å²) in [5.41, 5.74) is 1.79. The molecule has 2 aromatic rings. The molecule has 2 unspecified atom stereocenters. The normalized spacial score (nSPS) is 19.7. The Hall–Kier alpha value is -2.47. The van der Waals surface area contributed by atoms with Crippen LogP contribution in [-0.2, 0) is 14.3 Å². The highest BCUT2D eigenvalue weighted by Gasteiger charge is 2.42. The van der Waals surface area contributed by atoms with Gasteiger partial charge in [0.1, 0.15) is 11.4 Å². The van der Waals surface area contributed by atoms with Crippen molar-refractivity contribution in [3.63, 3.8) is 0 Å². The number of ether oxygens (including phenoxy) is 1. The van der Waals surface area contributed by atoms with Gasteiger partial charge in [-0.05, 0) is 23.6 Å². The highest BCUT2D eigenvalue weighted by Crippen LogP contribution is 2.42. The molecule has 1 aromatic carbocycles. The zero-order chi connectivity index (χ0) is 19.2. The summed E-state index contributed by atoms with van der Waals surface area (Å²) in [5.74, 6) is 0.164. The molecule has 0 N–H and O–H groups in total. The summed E-state index contributed by atoms with van der Waals surface area (Å²) in [6.07, 6.45) is 6.45. The van der Waals surface area contributed by atoms with Crippen molar-refractivity contribution < 1.29 is 18.7 Å². The number of nitrogens with zero attached hydrogens (tertiary/aromatic N) is 1. The van der Waals surface area contributed by atoms with Gasteiger partial charge < -0.3 is 14.1 Å². The fourth-order valence-electron chi connectivity index (χ4n) is 2.79. The summed E-state index contributed by atoms with van der Waals surface area (Å²) < 4.78 is 10.6. The number of hydrogen-bond donors (Lipinski definition) is 0. The second-order valence-corrected chi connectivity index (χ2v) is 7.88. The highest BCUT2D eigenvalue weighted by atomic mass is 32.2. The monoisotopic (exact) mass is 385 g/mol. The number of furan rings is 1. The molecule has 0 spiro atoms. The van der Waals surface area contributed by atoms with E-state index in [-0.39, 0.29) is 23.2 Å². The zero-order valence-corrected chi connectivity index (χ0v) is 16.2. The maximum atomic E-state index is 13.0. The minimum atomic E-state index is -0.610. The van der Waals surface area contributed by atoms with Crippen LogP contribution < -0.4 is 0 Å². The van der Waals surface area contributed by atoms with E-state index in [1.165, 1.54) is 17.8 Å². The molecule has 2 heterocycles. The second-order valence-electron chi connectivity index (χ2n) is 6.77. The van der Waals surface area contributed by atoms with Crippen LogP contribution in [0, 0.1) is 5.92 Å². The van der Waals surface area contributed by atoms with Crippen molar-refractivity contribution in [3.05, 3.63) is 66.1 Å². The van der Waals surface area contributed by atoms with E-state index in [2.05, 4.69) is 0 Å². The van der Waals surface area contributed by atoms with E-state index in [0.29, 0.717) is 12.4 Å². The van der Waals surface area contributed by atoms with Crippen LogP contribution in [0.2, 0.25) is 0 Å². The van der Waals surface area contributed by atoms with Crippen LogP contribution in [0.25, 0.3) is 6.08 Å². The van der Waals surface area contributed by atoms with Gasteiger partial charge in [-0.1, -0.05) is 44.2 Å². The highest BCUT2D eigenvalue weighted by molar-refractivity contribution is 7.99. The Kier molecular flexibility index (Phi) is 6.40. The van der Waals surface area contributed by atoms with Crippen molar-refractivity contribution in [2.24, 2.45) is 5.92 Å². The maximum absolute atomic E-state index is 13.0. The minimum absolute atomic E-state index is 0.221. The average Bonchev–Trinajstić information content (AvgIpc) is 3.34. The molecule has 2 atom stereocenters. The van der Waals surface area contributed by atoms with Crippen LogP contribution in [-0.4, -0.2) is 35.2 Å². The molecule has 6 heteroatoms. The number of thioether (sulfide) groups is 1. The van der Waals surface area contributed by atoms with Crippen LogP contribution in [0.4, 0.5) is 0 Å². The zero-order valence-electron chi connectivity index (χ0n) is 15.4. The predicted octanol–water partition coefficient (Wildman–Crippen LogP) is 4.13. The van der Waals surface area contributed by atoms with Crippen LogP contribution in [0.1, 0.15) is 30.3 Å². The van der Waals surface area contributed by atoms with Gasteiger partial charge in [-0.15, -0.1) is 11.8 Å². The Morgan fingerprint density at radius 3 is 2.74 bits per heavy atom. The lowest BCUT2D eigenvalue weighted by Gasteiger charge is -2.27. The van der Waals surface area contributed by atoms with E-state index in [0.717, 1.165) is 11.1 Å². The average molecular weight is 385 g/mol. The van der Waals surface area contributed by atoms with Crippen LogP contribution in [0.5, 0.6) is 0 Å². The number of rotatable bonds is 6. The number of benzene rings is 1. The molecule has 1 aliphatic heterocycles. The Labute approximate surface area is 163 Å². The van der Waals surface area contributed by atoms with E-state index in [1.807, 2.05) is 50.2 Å². The van der Waals surface area contributed by atoms with E-state index in [4.69, 9.17) is 9.15 Å². The smallest absolute Gasteiger partial charge is 0.329 e. The molecular formula is C21H23NO4S. The Morgan fingerprint density at radius 1 is 1.30 bits per heavy atom. The first kappa shape index (κ1) is 19.3. The first-order valence-electron chi connectivity index (χ1n) is 8.92. The molecule has 142 valence electrons. The van der Waals surface area contributed by atoms with E-state index < -0.39 is 6.04 Å². The third kappa shape index (κ3) is 4.83. The Bertz CT molecular complexity index is 786. The Morgan fingerprint density at radius 2 is 2.07 bits per heavy atom. The molecule has 1 fully saturated rings. The summed E-state index contributed by atoms with van der Waals surface area (Å²) >= 11 is 1.54. The number of carbonyl (C=O) groups is 2. The van der Waals surface area contributed by atoms with Gasteiger partial charge in [0, 0.05) is 17.4 Å². The molecule has 0 aliphatic carbocycles. The van der Waals surface area contributed by atoms with E-state index in [9.17, 15) is 9.59 Å². The van der Waals surface area contributed by atoms with Crippen molar-refractivity contribution in [2.75, 3.05) is 12.4 Å². The van der Waals surface area contributed by atoms with Gasteiger partial charge in [0.05, 0.1) is 19.1 Å². The van der Waals surface area contributed by atoms with Gasteiger partial charge >= 0.3 is 5.97 Å². The quantitative estimate of drug-likeness (QED) is 0.553. The summed E-state index contributed by atoms with van der Waals surface area (Å²) in [6, 6.07) is 10.8. The van der Waals surface area contributed by atoms with Gasteiger partial charge in [-0.2, -0.15) is 0 Å². The maximum Gasteiger partial charge on any atom is 0.329 e. The van der Waals surface area contributed by atoms with Gasteiger partial charge in [0.15, 0.2) is 0 Å². The molecule has 3 rings (SSSR count). The van der Waals surface area contributed by atoms with E-state index in [1.54, 1.807) is 23.5 Å². The first-order valence-corrected chi connectivity index (χ1v) is 9.97. The van der Waals surface area contributed by atoms with Crippen molar-refractivity contribution in [1.82, 2.24) is 4.90 Å². The predicted molar refractivity (Wildman–Crippen MR) is 106 cm³/mol. The van der Waals surface area contributed by atoms with Crippen molar-refractivity contribution in [1.29, 1.82) is 0 Å². The molecule has 0 saturated carbocycles. The van der Waals surface area contributed by atoms with Gasteiger partial charge in [0.2, 0.25) is 5.91 Å². The lowest BCUT2D eigenvalue weighted by atomic mass is 10.2. The third-order valence-electron chi connectivity index (χ3n) is 4.13. The topological polar surface area (TPSA) is 59.8 Å². The molecule has 0 bridgehead atoms. The molecule has 1 aromatic heterocycles. The van der Waals surface area contributed by atoms with Gasteiger partial charge in [-0.3, -0.25) is 4.79 Å². The SMILES string of the molecule is CC(C)COC(=O)C1CSC(c2ccoc2)N1C(=O)/C=C/c1ccccc1. The largest absolute Gasteiger partial charge is 0.472 e. The van der Waals surface area contributed by atoms with E-state index >= 15 is 0 Å². The summed E-state index contributed by atoms with van der Waals surface area (Å²) in [7, 11) is 0. The number of carbonyl (C=O) groups excluding carboxylic acids is 2. The molecule has 27 heavy (non-hydrogen) atoms. The fourth-order valence-corrected chi connectivity index (χ4v) is 4.19. The molecule has 0 radical (unpaired) electrons. The van der Waals surface area contributed by atoms with Crippen molar-refractivity contribution in [3.8, 4) is 0 Å². The molecule has 1 aliphatic rings. The third-order valence-corrected chi connectivity index (χ3v) is 5.46. The standard InChI is InChI=1S/C21H23NO4S/c1-15(2)12-26-21(24)18-14-27-20(17-10-11-25-13-17)22(18)19(23)9-8-16-6-4-3-5-7-16/h3-11,13,15,18,20H,12,14H2,1-2H3/b9-8+. The fraction of sp³-hybridized carbons (Fsp3) is 0.333. The Balaban J connectivity index is 1.80. The van der Waals surface area contributed by atoms with Gasteiger partial charge in [-0.25, -0.2) is 4.79 Å². The molecule has 1 saturated heterocycles. The van der Waals surface area contributed by atoms with Gasteiger partial charge in [0.25, 0.3) is 0 Å². The second kappa shape index (κ2) is 8.95. The summed E-state index contributed by atoms with van der Waals surface area (Å²) in [4.78, 5) is 27.1. The molecule has 5 nitrogen and oxygen atoms in total. The number of esters is 1. The molecular weight excluding hydrogens is 362 g/mol. The summed E-state index contributed by atoms with van der Waals surface area (Å²) in [6.45, 7) is 4.31. The number of hydrogen-bond acceptors (Lipinski definition) is 5. The molecule has 1 amide bonds. The summed E-state index contributed by atoms with van der Waals surface area (Å²) in [5, 5.41) is -0.270. The lowest BCUT2D eigenvalue weighted by Crippen LogP contribution is -2.43. The van der Waals surface area contributed by atoms with Crippen molar-refractivity contribution in [2.45, 2.75) is 25.3 Å². The minimum Gasteiger partial charge on any atom is -0.472 e. The number of amides is 1. The lowest BCUT2D eigenvalue weighted by molar-refractivity contribution is -0.153. The van der Waals surface area contributed by atoms with Crippen LogP contribution in [0.3, 0.4) is 0 Å². The van der Waals surface area contributed by atoms with Crippen molar-refractivity contribution >= 4 is 29.7 Å².